The Morgan fingerprint density at radius 1 is 1.00 bits per heavy atom. The summed E-state index contributed by atoms with van der Waals surface area (Å²) >= 11 is 0. The first-order valence-corrected chi connectivity index (χ1v) is 9.52. The van der Waals surface area contributed by atoms with Crippen LogP contribution in [0.5, 0.6) is 0 Å². The highest BCUT2D eigenvalue weighted by molar-refractivity contribution is 6.11. The van der Waals surface area contributed by atoms with E-state index in [0.29, 0.717) is 17.9 Å². The lowest BCUT2D eigenvalue weighted by molar-refractivity contribution is 0.0339. The zero-order valence-electron chi connectivity index (χ0n) is 14.4. The lowest BCUT2D eigenvalue weighted by Gasteiger charge is -2.46. The van der Waals surface area contributed by atoms with E-state index in [1.165, 1.54) is 41.2 Å². The number of carbonyl (C=O) groups excluding carboxylic acids is 1. The summed E-state index contributed by atoms with van der Waals surface area (Å²) in [6.07, 6.45) is 8.22. The molecule has 1 aliphatic carbocycles. The van der Waals surface area contributed by atoms with Crippen LogP contribution < -0.4 is 0 Å². The van der Waals surface area contributed by atoms with Crippen LogP contribution in [-0.2, 0) is 12.8 Å². The van der Waals surface area contributed by atoms with Gasteiger partial charge in [-0.2, -0.15) is 0 Å². The molecular formula is C22H25NO. The van der Waals surface area contributed by atoms with Gasteiger partial charge in [0.2, 0.25) is 0 Å². The molecule has 3 aliphatic rings. The number of fused-ring (bicyclic) bond motifs is 2. The van der Waals surface area contributed by atoms with E-state index < -0.39 is 0 Å². The molecule has 2 fully saturated rings. The number of aryl methyl sites for hydroxylation is 2. The van der Waals surface area contributed by atoms with Crippen molar-refractivity contribution in [3.63, 3.8) is 0 Å². The summed E-state index contributed by atoms with van der Waals surface area (Å²) in [6, 6.07) is 12.1. The molecule has 2 bridgehead atoms. The fourth-order valence-electron chi connectivity index (χ4n) is 5.51. The minimum Gasteiger partial charge on any atom is -0.300 e. The monoisotopic (exact) mass is 319 g/mol. The Morgan fingerprint density at radius 3 is 2.46 bits per heavy atom. The molecule has 2 saturated heterocycles. The molecule has 2 heterocycles. The summed E-state index contributed by atoms with van der Waals surface area (Å²) in [6.45, 7) is 0. The molecule has 0 spiro atoms. The molecule has 2 unspecified atom stereocenters. The number of ketones is 1. The Balaban J connectivity index is 1.53. The number of hydrogen-bond acceptors (Lipinski definition) is 2. The van der Waals surface area contributed by atoms with Crippen molar-refractivity contribution < 1.29 is 4.79 Å². The first-order valence-electron chi connectivity index (χ1n) is 9.52. The number of carbonyl (C=O) groups is 1. The maximum absolute atomic E-state index is 13.4. The van der Waals surface area contributed by atoms with Gasteiger partial charge < -0.3 is 4.90 Å². The molecule has 0 N–H and O–H groups in total. The quantitative estimate of drug-likeness (QED) is 0.766. The van der Waals surface area contributed by atoms with E-state index in [4.69, 9.17) is 0 Å². The van der Waals surface area contributed by atoms with Gasteiger partial charge in [0, 0.05) is 23.6 Å². The van der Waals surface area contributed by atoms with Crippen molar-refractivity contribution in [1.82, 2.24) is 4.90 Å². The van der Waals surface area contributed by atoms with Gasteiger partial charge >= 0.3 is 0 Å². The summed E-state index contributed by atoms with van der Waals surface area (Å²) < 4.78 is 0. The third kappa shape index (κ3) is 2.09. The average molecular weight is 319 g/mol. The first kappa shape index (κ1) is 14.7. The topological polar surface area (TPSA) is 20.3 Å². The molecule has 2 aromatic rings. The molecule has 2 aliphatic heterocycles. The van der Waals surface area contributed by atoms with Crippen LogP contribution in [0.1, 0.15) is 53.6 Å². The van der Waals surface area contributed by atoms with E-state index in [2.05, 4.69) is 42.3 Å². The molecule has 2 nitrogen and oxygen atoms in total. The third-order valence-electron chi connectivity index (χ3n) is 6.85. The van der Waals surface area contributed by atoms with Gasteiger partial charge in [-0.15, -0.1) is 0 Å². The minimum atomic E-state index is 0.218. The van der Waals surface area contributed by atoms with Gasteiger partial charge in [0.1, 0.15) is 0 Å². The molecule has 0 aromatic heterocycles. The van der Waals surface area contributed by atoms with E-state index in [1.807, 2.05) is 0 Å². The number of Topliss-reactive ketones (excluding diaryl/α,β-unsaturated/α-hetero) is 1. The standard InChI is InChI=1S/C22H25NO/c1-23-17-5-3-6-18(23)13-16(12-17)22(24)20-11-10-15-9-8-14-4-2-7-19(20)21(14)15/h2,4,7,10-11,16-18H,3,5-6,8-9,12-13H2,1H3. The second kappa shape index (κ2) is 5.42. The van der Waals surface area contributed by atoms with Gasteiger partial charge in [-0.3, -0.25) is 4.79 Å². The Morgan fingerprint density at radius 2 is 1.71 bits per heavy atom. The van der Waals surface area contributed by atoms with Gasteiger partial charge in [-0.25, -0.2) is 0 Å². The third-order valence-corrected chi connectivity index (χ3v) is 6.85. The summed E-state index contributed by atoms with van der Waals surface area (Å²) in [4.78, 5) is 15.9. The summed E-state index contributed by atoms with van der Waals surface area (Å²) in [7, 11) is 2.26. The van der Waals surface area contributed by atoms with Gasteiger partial charge in [0.05, 0.1) is 0 Å². The minimum absolute atomic E-state index is 0.218. The Kier molecular flexibility index (Phi) is 3.31. The van der Waals surface area contributed by atoms with Gasteiger partial charge in [-0.05, 0) is 67.5 Å². The number of benzene rings is 2. The molecule has 2 heteroatoms. The van der Waals surface area contributed by atoms with E-state index in [9.17, 15) is 4.79 Å². The Labute approximate surface area is 143 Å². The van der Waals surface area contributed by atoms with Gasteiger partial charge in [0.25, 0.3) is 0 Å². The number of rotatable bonds is 2. The smallest absolute Gasteiger partial charge is 0.166 e. The molecule has 0 radical (unpaired) electrons. The van der Waals surface area contributed by atoms with Crippen molar-refractivity contribution in [2.45, 2.75) is 57.0 Å². The van der Waals surface area contributed by atoms with Gasteiger partial charge in [0.15, 0.2) is 5.78 Å². The predicted octanol–water partition coefficient (Wildman–Crippen LogP) is 4.38. The highest BCUT2D eigenvalue weighted by Crippen LogP contribution is 2.39. The number of nitrogens with zero attached hydrogens (tertiary/aromatic N) is 1. The highest BCUT2D eigenvalue weighted by Gasteiger charge is 2.39. The van der Waals surface area contributed by atoms with Crippen molar-refractivity contribution in [2.24, 2.45) is 5.92 Å². The van der Waals surface area contributed by atoms with Crippen LogP contribution in [0, 0.1) is 5.92 Å². The fraction of sp³-hybridized carbons (Fsp3) is 0.500. The first-order chi connectivity index (χ1) is 11.7. The van der Waals surface area contributed by atoms with E-state index in [-0.39, 0.29) is 5.92 Å². The van der Waals surface area contributed by atoms with Gasteiger partial charge in [-0.1, -0.05) is 36.8 Å². The SMILES string of the molecule is CN1C2CCCC1CC(C(=O)c1ccc3c4c(cccc14)CC3)C2. The van der Waals surface area contributed by atoms with E-state index in [1.54, 1.807) is 0 Å². The van der Waals surface area contributed by atoms with Crippen LogP contribution in [0.15, 0.2) is 30.3 Å². The van der Waals surface area contributed by atoms with Crippen LogP contribution in [0.2, 0.25) is 0 Å². The van der Waals surface area contributed by atoms with Crippen molar-refractivity contribution in [3.05, 3.63) is 47.0 Å². The Bertz CT molecular complexity index is 800. The maximum Gasteiger partial charge on any atom is 0.166 e. The molecule has 0 saturated carbocycles. The molecule has 24 heavy (non-hydrogen) atoms. The van der Waals surface area contributed by atoms with E-state index in [0.717, 1.165) is 31.2 Å². The molecular weight excluding hydrogens is 294 g/mol. The van der Waals surface area contributed by atoms with Crippen molar-refractivity contribution in [1.29, 1.82) is 0 Å². The van der Waals surface area contributed by atoms with Crippen molar-refractivity contribution in [3.8, 4) is 0 Å². The lowest BCUT2D eigenvalue weighted by atomic mass is 9.75. The largest absolute Gasteiger partial charge is 0.300 e. The maximum atomic E-state index is 13.4. The predicted molar refractivity (Wildman–Crippen MR) is 97.6 cm³/mol. The second-order valence-corrected chi connectivity index (χ2v) is 8.05. The summed E-state index contributed by atoms with van der Waals surface area (Å²) in [5.41, 5.74) is 3.83. The zero-order chi connectivity index (χ0) is 16.3. The van der Waals surface area contributed by atoms with Crippen molar-refractivity contribution in [2.75, 3.05) is 7.05 Å². The van der Waals surface area contributed by atoms with Crippen LogP contribution in [0.25, 0.3) is 10.8 Å². The molecule has 2 atom stereocenters. The normalized spacial score (nSPS) is 29.1. The van der Waals surface area contributed by atoms with Crippen LogP contribution in [0.3, 0.4) is 0 Å². The van der Waals surface area contributed by atoms with Crippen LogP contribution >= 0.6 is 0 Å². The lowest BCUT2D eigenvalue weighted by Crippen LogP contribution is -2.51. The zero-order valence-corrected chi connectivity index (χ0v) is 14.4. The average Bonchev–Trinajstić information content (AvgIpc) is 3.00. The highest BCUT2D eigenvalue weighted by atomic mass is 16.1. The number of hydrogen-bond donors (Lipinski definition) is 0. The summed E-state index contributed by atoms with van der Waals surface area (Å²) in [5.74, 6) is 0.616. The molecule has 2 aromatic carbocycles. The molecule has 124 valence electrons. The fourth-order valence-corrected chi connectivity index (χ4v) is 5.51. The second-order valence-electron chi connectivity index (χ2n) is 8.05. The van der Waals surface area contributed by atoms with E-state index >= 15 is 0 Å². The van der Waals surface area contributed by atoms with Crippen LogP contribution in [-0.4, -0.2) is 29.8 Å². The number of piperidine rings is 2. The Hall–Kier alpha value is -1.67. The van der Waals surface area contributed by atoms with Crippen LogP contribution in [0.4, 0.5) is 0 Å². The molecule has 0 amide bonds. The summed E-state index contributed by atoms with van der Waals surface area (Å²) in [5, 5.41) is 2.58. The molecule has 5 rings (SSSR count). The van der Waals surface area contributed by atoms with Crippen molar-refractivity contribution >= 4 is 16.6 Å².